The van der Waals surface area contributed by atoms with Gasteiger partial charge in [0.2, 0.25) is 0 Å². The highest BCUT2D eigenvalue weighted by molar-refractivity contribution is 5.85. The van der Waals surface area contributed by atoms with Gasteiger partial charge in [0.25, 0.3) is 0 Å². The molecule has 2 aliphatic heterocycles. The van der Waals surface area contributed by atoms with Crippen molar-refractivity contribution in [3.63, 3.8) is 0 Å². The van der Waals surface area contributed by atoms with Crippen LogP contribution in [0.25, 0.3) is 0 Å². The van der Waals surface area contributed by atoms with Gasteiger partial charge in [-0.1, -0.05) is 6.07 Å². The maximum Gasteiger partial charge on any atom is 0.310 e. The summed E-state index contributed by atoms with van der Waals surface area (Å²) >= 11 is 0. The lowest BCUT2D eigenvalue weighted by atomic mass is 9.99. The molecule has 128 valence electrons. The highest BCUT2D eigenvalue weighted by Crippen LogP contribution is 2.30. The van der Waals surface area contributed by atoms with Crippen molar-refractivity contribution < 1.29 is 19.0 Å². The van der Waals surface area contributed by atoms with Crippen molar-refractivity contribution in [2.24, 2.45) is 5.92 Å². The Kier molecular flexibility index (Phi) is 6.50. The number of nitrogens with zero attached hydrogens (tertiary/aromatic N) is 1. The van der Waals surface area contributed by atoms with Gasteiger partial charge in [-0.25, -0.2) is 5.01 Å². The molecule has 0 spiro atoms. The van der Waals surface area contributed by atoms with Gasteiger partial charge in [-0.15, -0.1) is 12.4 Å². The first-order chi connectivity index (χ1) is 10.8. The lowest BCUT2D eigenvalue weighted by molar-refractivity contribution is -0.147. The predicted octanol–water partition coefficient (Wildman–Crippen LogP) is 1.77. The number of piperidine rings is 1. The van der Waals surface area contributed by atoms with Gasteiger partial charge in [0.1, 0.15) is 13.2 Å². The normalized spacial score (nSPS) is 20.5. The number of hydrogen-bond acceptors (Lipinski definition) is 6. The van der Waals surface area contributed by atoms with Crippen molar-refractivity contribution in [2.75, 3.05) is 33.4 Å². The third kappa shape index (κ3) is 4.50. The third-order valence-corrected chi connectivity index (χ3v) is 4.07. The van der Waals surface area contributed by atoms with Crippen molar-refractivity contribution in [1.82, 2.24) is 10.4 Å². The topological polar surface area (TPSA) is 60.0 Å². The lowest BCUT2D eigenvalue weighted by Gasteiger charge is -2.31. The summed E-state index contributed by atoms with van der Waals surface area (Å²) in [6.45, 7) is 3.53. The van der Waals surface area contributed by atoms with Gasteiger partial charge in [-0.3, -0.25) is 10.2 Å². The van der Waals surface area contributed by atoms with E-state index < -0.39 is 0 Å². The smallest absolute Gasteiger partial charge is 0.310 e. The van der Waals surface area contributed by atoms with Crippen LogP contribution in [-0.2, 0) is 16.1 Å². The number of rotatable bonds is 4. The first kappa shape index (κ1) is 17.8. The number of ether oxygens (including phenoxy) is 3. The van der Waals surface area contributed by atoms with Gasteiger partial charge in [0.05, 0.1) is 13.0 Å². The summed E-state index contributed by atoms with van der Waals surface area (Å²) in [5.74, 6) is 1.45. The number of esters is 1. The van der Waals surface area contributed by atoms with E-state index in [1.807, 2.05) is 18.2 Å². The Hall–Kier alpha value is -1.50. The van der Waals surface area contributed by atoms with Crippen LogP contribution < -0.4 is 14.9 Å². The highest BCUT2D eigenvalue weighted by atomic mass is 35.5. The Morgan fingerprint density at radius 2 is 2.13 bits per heavy atom. The van der Waals surface area contributed by atoms with Gasteiger partial charge < -0.3 is 14.2 Å². The summed E-state index contributed by atoms with van der Waals surface area (Å²) in [7, 11) is 1.45. The highest BCUT2D eigenvalue weighted by Gasteiger charge is 2.26. The molecule has 7 heteroatoms. The molecule has 2 heterocycles. The molecule has 0 radical (unpaired) electrons. The van der Waals surface area contributed by atoms with Crippen LogP contribution in [-0.4, -0.2) is 44.4 Å². The number of halogens is 1. The monoisotopic (exact) mass is 342 g/mol. The van der Waals surface area contributed by atoms with Gasteiger partial charge in [0, 0.05) is 19.6 Å². The van der Waals surface area contributed by atoms with Crippen molar-refractivity contribution in [2.45, 2.75) is 19.4 Å². The second-order valence-corrected chi connectivity index (χ2v) is 5.62. The molecule has 0 aromatic heterocycles. The minimum absolute atomic E-state index is 0. The van der Waals surface area contributed by atoms with E-state index in [2.05, 4.69) is 10.4 Å². The molecule has 2 aliphatic rings. The number of hydrogen-bond donors (Lipinski definition) is 1. The number of fused-ring (bicyclic) bond motifs is 1. The zero-order chi connectivity index (χ0) is 15.4. The number of carbonyl (C=O) groups is 1. The Morgan fingerprint density at radius 3 is 2.91 bits per heavy atom. The van der Waals surface area contributed by atoms with E-state index in [9.17, 15) is 4.79 Å². The van der Waals surface area contributed by atoms with Crippen molar-refractivity contribution >= 4 is 18.4 Å². The largest absolute Gasteiger partial charge is 0.486 e. The Bertz CT molecular complexity index is 541. The number of nitrogens with one attached hydrogen (secondary N) is 1. The van der Waals surface area contributed by atoms with Crippen LogP contribution in [0.2, 0.25) is 0 Å². The quantitative estimate of drug-likeness (QED) is 0.842. The summed E-state index contributed by atoms with van der Waals surface area (Å²) in [4.78, 5) is 11.6. The van der Waals surface area contributed by atoms with Gasteiger partial charge >= 0.3 is 5.97 Å². The van der Waals surface area contributed by atoms with E-state index in [1.165, 1.54) is 7.11 Å². The van der Waals surface area contributed by atoms with E-state index in [-0.39, 0.29) is 24.3 Å². The molecule has 6 nitrogen and oxygen atoms in total. The zero-order valence-corrected chi connectivity index (χ0v) is 14.1. The summed E-state index contributed by atoms with van der Waals surface area (Å²) in [6, 6.07) is 5.98. The minimum Gasteiger partial charge on any atom is -0.486 e. The maximum atomic E-state index is 11.6. The number of benzene rings is 1. The molecule has 0 saturated carbocycles. The second-order valence-electron chi connectivity index (χ2n) is 5.62. The van der Waals surface area contributed by atoms with E-state index in [4.69, 9.17) is 14.2 Å². The van der Waals surface area contributed by atoms with Gasteiger partial charge in [0.15, 0.2) is 11.5 Å². The minimum atomic E-state index is -0.120. The molecular weight excluding hydrogens is 320 g/mol. The van der Waals surface area contributed by atoms with Crippen LogP contribution in [0.5, 0.6) is 11.5 Å². The number of methoxy groups -OCH3 is 1. The molecule has 3 rings (SSSR count). The van der Waals surface area contributed by atoms with Crippen LogP contribution in [0.15, 0.2) is 18.2 Å². The lowest BCUT2D eigenvalue weighted by Crippen LogP contribution is -2.46. The fourth-order valence-corrected chi connectivity index (χ4v) is 2.88. The van der Waals surface area contributed by atoms with Gasteiger partial charge in [-0.05, 0) is 30.5 Å². The Morgan fingerprint density at radius 1 is 1.35 bits per heavy atom. The molecule has 1 saturated heterocycles. The van der Waals surface area contributed by atoms with Crippen LogP contribution in [0.4, 0.5) is 0 Å². The van der Waals surface area contributed by atoms with Crippen LogP contribution in [0.3, 0.4) is 0 Å². The predicted molar refractivity (Wildman–Crippen MR) is 87.8 cm³/mol. The fraction of sp³-hybridized carbons (Fsp3) is 0.562. The average molecular weight is 343 g/mol. The third-order valence-electron chi connectivity index (χ3n) is 4.07. The Balaban J connectivity index is 0.00000192. The maximum absolute atomic E-state index is 11.6. The Labute approximate surface area is 142 Å². The molecule has 1 aromatic carbocycles. The van der Waals surface area contributed by atoms with Crippen LogP contribution in [0.1, 0.15) is 18.4 Å². The van der Waals surface area contributed by atoms with Gasteiger partial charge in [-0.2, -0.15) is 0 Å². The van der Waals surface area contributed by atoms with Crippen molar-refractivity contribution in [3.8, 4) is 11.5 Å². The standard InChI is InChI=1S/C16H22N2O4.ClH/c1-20-16(19)13-3-2-6-18(11-13)17-10-12-4-5-14-15(9-12)22-8-7-21-14;/h4-5,9,13,17H,2-3,6-8,10-11H2,1H3;1H. The molecule has 1 aromatic rings. The fourth-order valence-electron chi connectivity index (χ4n) is 2.88. The zero-order valence-electron chi connectivity index (χ0n) is 13.2. The van der Waals surface area contributed by atoms with Crippen molar-refractivity contribution in [1.29, 1.82) is 0 Å². The molecule has 1 atom stereocenters. The molecule has 23 heavy (non-hydrogen) atoms. The molecule has 0 aliphatic carbocycles. The summed E-state index contributed by atoms with van der Waals surface area (Å²) in [6.07, 6.45) is 1.89. The average Bonchev–Trinajstić information content (AvgIpc) is 2.59. The van der Waals surface area contributed by atoms with Crippen molar-refractivity contribution in [3.05, 3.63) is 23.8 Å². The molecule has 1 fully saturated rings. The van der Waals surface area contributed by atoms with E-state index in [0.717, 1.165) is 36.4 Å². The SMILES string of the molecule is COC(=O)C1CCCN(NCc2ccc3c(c2)OCCO3)C1.Cl. The van der Waals surface area contributed by atoms with Crippen LogP contribution >= 0.6 is 12.4 Å². The van der Waals surface area contributed by atoms with Crippen LogP contribution in [0, 0.1) is 5.92 Å². The first-order valence-electron chi connectivity index (χ1n) is 7.71. The van der Waals surface area contributed by atoms with E-state index in [0.29, 0.717) is 26.3 Å². The summed E-state index contributed by atoms with van der Waals surface area (Å²) in [5.41, 5.74) is 4.51. The van der Waals surface area contributed by atoms with E-state index in [1.54, 1.807) is 0 Å². The van der Waals surface area contributed by atoms with E-state index >= 15 is 0 Å². The molecular formula is C16H23ClN2O4. The number of carbonyl (C=O) groups excluding carboxylic acids is 1. The molecule has 0 amide bonds. The second kappa shape index (κ2) is 8.38. The molecule has 1 unspecified atom stereocenters. The first-order valence-corrected chi connectivity index (χ1v) is 7.71. The summed E-state index contributed by atoms with van der Waals surface area (Å²) in [5, 5.41) is 2.10. The summed E-state index contributed by atoms with van der Waals surface area (Å²) < 4.78 is 15.9. The number of hydrazine groups is 1. The molecule has 0 bridgehead atoms. The molecule has 1 N–H and O–H groups in total.